The Morgan fingerprint density at radius 3 is 2.00 bits per heavy atom. The highest BCUT2D eigenvalue weighted by molar-refractivity contribution is 6.55. The minimum Gasteiger partial charge on any atom is -0.0722 e. The van der Waals surface area contributed by atoms with E-state index >= 15 is 0 Å². The third-order valence-electron chi connectivity index (χ3n) is 0.707. The van der Waals surface area contributed by atoms with Crippen molar-refractivity contribution in [2.75, 3.05) is 0 Å². The van der Waals surface area contributed by atoms with Crippen molar-refractivity contribution in [1.82, 2.24) is 0 Å². The topological polar surface area (TPSA) is 0 Å². The van der Waals surface area contributed by atoms with Crippen LogP contribution < -0.4 is 0 Å². The molecule has 1 heteroatoms. The van der Waals surface area contributed by atoms with Gasteiger partial charge in [-0.25, -0.2) is 0 Å². The summed E-state index contributed by atoms with van der Waals surface area (Å²) in [6.45, 7) is 6.18. The SMILES string of the molecule is [2H][Si](C)(C)CC. The molecule has 0 fully saturated rings. The largest absolute Gasteiger partial charge is 0.0722 e. The van der Waals surface area contributed by atoms with Crippen LogP contribution in [0.4, 0.5) is 0 Å². The van der Waals surface area contributed by atoms with Crippen molar-refractivity contribution >= 4 is 8.73 Å². The van der Waals surface area contributed by atoms with Crippen LogP contribution in [-0.4, -0.2) is 9.96 Å². The van der Waals surface area contributed by atoms with Crippen molar-refractivity contribution in [3.8, 4) is 0 Å². The average molecular weight is 89.2 g/mol. The highest BCUT2D eigenvalue weighted by Gasteiger charge is 1.82. The van der Waals surface area contributed by atoms with Gasteiger partial charge in [0.25, 0.3) is 0 Å². The second-order valence-corrected chi connectivity index (χ2v) is 4.68. The summed E-state index contributed by atoms with van der Waals surface area (Å²) in [5, 5.41) is 0. The van der Waals surface area contributed by atoms with Gasteiger partial charge in [-0.3, -0.25) is 0 Å². The molecule has 0 aliphatic rings. The molecule has 0 aromatic rings. The van der Waals surface area contributed by atoms with Crippen LogP contribution in [0.25, 0.3) is 0 Å². The van der Waals surface area contributed by atoms with Crippen LogP contribution >= 0.6 is 0 Å². The van der Waals surface area contributed by atoms with Crippen molar-refractivity contribution in [2.45, 2.75) is 26.1 Å². The molecule has 0 rings (SSSR count). The molecule has 0 radical (unpaired) electrons. The summed E-state index contributed by atoms with van der Waals surface area (Å²) in [7, 11) is -1.38. The molecule has 0 aromatic heterocycles. The Morgan fingerprint density at radius 1 is 1.80 bits per heavy atom. The van der Waals surface area contributed by atoms with Crippen LogP contribution in [0.2, 0.25) is 19.1 Å². The lowest BCUT2D eigenvalue weighted by Crippen LogP contribution is -1.92. The molecule has 0 atom stereocenters. The summed E-state index contributed by atoms with van der Waals surface area (Å²) in [6, 6.07) is 1.08. The van der Waals surface area contributed by atoms with Crippen LogP contribution in [0.5, 0.6) is 0 Å². The Kier molecular flexibility index (Phi) is 1.67. The second kappa shape index (κ2) is 2.45. The fourth-order valence-corrected chi connectivity index (χ4v) is 0. The molecule has 0 nitrogen and oxygen atoms in total. The van der Waals surface area contributed by atoms with Crippen LogP contribution in [0.1, 0.15) is 6.92 Å². The fourth-order valence-electron chi connectivity index (χ4n) is 0. The molecule has 0 heterocycles. The second-order valence-electron chi connectivity index (χ2n) is 1.56. The van der Waals surface area contributed by atoms with E-state index in [1.54, 1.807) is 0 Å². The van der Waals surface area contributed by atoms with E-state index in [9.17, 15) is 0 Å². The molecule has 0 aliphatic heterocycles. The quantitative estimate of drug-likeness (QED) is 0.427. The maximum atomic E-state index is 7.32. The van der Waals surface area contributed by atoms with E-state index < -0.39 is 8.73 Å². The van der Waals surface area contributed by atoms with Gasteiger partial charge in [-0.05, 0) is 0 Å². The minimum atomic E-state index is -1.38. The number of hydrogen-bond acceptors (Lipinski definition) is 0. The zero-order valence-corrected chi connectivity index (χ0v) is 5.21. The predicted molar refractivity (Wildman–Crippen MR) is 29.4 cm³/mol. The van der Waals surface area contributed by atoms with Gasteiger partial charge >= 0.3 is 0 Å². The van der Waals surface area contributed by atoms with Crippen molar-refractivity contribution in [3.05, 3.63) is 0 Å². The molecule has 0 amide bonds. The zero-order valence-electron chi connectivity index (χ0n) is 5.21. The van der Waals surface area contributed by atoms with Gasteiger partial charge in [0.1, 0.15) is 0 Å². The van der Waals surface area contributed by atoms with E-state index in [0.717, 1.165) is 6.04 Å². The molecule has 5 heavy (non-hydrogen) atoms. The first kappa shape index (κ1) is 3.41. The van der Waals surface area contributed by atoms with Crippen molar-refractivity contribution in [2.24, 2.45) is 0 Å². The van der Waals surface area contributed by atoms with E-state index in [1.807, 2.05) is 13.1 Å². The molecular formula is C4H12Si. The Morgan fingerprint density at radius 2 is 2.00 bits per heavy atom. The lowest BCUT2D eigenvalue weighted by Gasteiger charge is -1.87. The van der Waals surface area contributed by atoms with Gasteiger partial charge in [0, 0.05) is 9.96 Å². The fraction of sp³-hybridized carbons (Fsp3) is 1.00. The molecule has 0 N–H and O–H groups in total. The van der Waals surface area contributed by atoms with Gasteiger partial charge in [-0.15, -0.1) is 0 Å². The lowest BCUT2D eigenvalue weighted by molar-refractivity contribution is 1.41. The van der Waals surface area contributed by atoms with Gasteiger partial charge in [0.05, 0.1) is 0 Å². The van der Waals surface area contributed by atoms with Crippen LogP contribution in [0.15, 0.2) is 0 Å². The van der Waals surface area contributed by atoms with Gasteiger partial charge in [0.15, 0.2) is 0 Å². The minimum absolute atomic E-state index is 1.08. The highest BCUT2D eigenvalue weighted by Crippen LogP contribution is 1.83. The van der Waals surface area contributed by atoms with Crippen LogP contribution in [0.3, 0.4) is 0 Å². The Labute approximate surface area is 37.0 Å². The summed E-state index contributed by atoms with van der Waals surface area (Å²) >= 11 is 0. The van der Waals surface area contributed by atoms with Crippen molar-refractivity contribution in [1.29, 1.82) is 1.23 Å². The predicted octanol–water partition coefficient (Wildman–Crippen LogP) is 1.49. The van der Waals surface area contributed by atoms with Gasteiger partial charge in [-0.2, -0.15) is 0 Å². The molecule has 0 saturated carbocycles. The van der Waals surface area contributed by atoms with Gasteiger partial charge in [-0.1, -0.05) is 26.1 Å². The highest BCUT2D eigenvalue weighted by atomic mass is 28.3. The molecule has 0 unspecified atom stereocenters. The maximum Gasteiger partial charge on any atom is 0.0302 e. The molecule has 0 saturated heterocycles. The van der Waals surface area contributed by atoms with Crippen LogP contribution in [-0.2, 0) is 0 Å². The lowest BCUT2D eigenvalue weighted by atomic mass is 11.0. The van der Waals surface area contributed by atoms with Crippen molar-refractivity contribution in [3.63, 3.8) is 0 Å². The summed E-state index contributed by atoms with van der Waals surface area (Å²) in [6.07, 6.45) is 0. The summed E-state index contributed by atoms with van der Waals surface area (Å²) in [5.74, 6) is 0. The first-order valence-corrected chi connectivity index (χ1v) is 4.77. The first-order chi connectivity index (χ1) is 2.56. The Balaban J connectivity index is 3.17. The van der Waals surface area contributed by atoms with E-state index in [4.69, 9.17) is 1.23 Å². The van der Waals surface area contributed by atoms with E-state index in [1.165, 1.54) is 0 Å². The third kappa shape index (κ3) is 4.22. The summed E-state index contributed by atoms with van der Waals surface area (Å²) in [5.41, 5.74) is 0. The van der Waals surface area contributed by atoms with Crippen molar-refractivity contribution < 1.29 is 0 Å². The molecule has 32 valence electrons. The molecule has 0 aromatic carbocycles. The average Bonchev–Trinajstić information content (AvgIpc) is 1.35. The summed E-state index contributed by atoms with van der Waals surface area (Å²) < 4.78 is 7.32. The van der Waals surface area contributed by atoms with Crippen LogP contribution in [0, 0.1) is 0 Å². The standard InChI is InChI=1S/C4H12Si/c1-4-5(2)3/h5H,4H2,1-3H3/i5D. The monoisotopic (exact) mass is 89.1 g/mol. The van der Waals surface area contributed by atoms with Gasteiger partial charge < -0.3 is 0 Å². The molecule has 0 bridgehead atoms. The first-order valence-electron chi connectivity index (χ1n) is 2.56. The van der Waals surface area contributed by atoms with Gasteiger partial charge in [0.2, 0.25) is 0 Å². The Hall–Kier alpha value is 0.217. The molecule has 0 spiro atoms. The normalized spacial score (nSPS) is 14.6. The molecular weight excluding hydrogens is 76.1 g/mol. The zero-order chi connectivity index (χ0) is 5.21. The maximum absolute atomic E-state index is 7.32. The third-order valence-corrected chi connectivity index (χ3v) is 2.12. The molecule has 0 aliphatic carbocycles. The number of hydrogen-bond donors (Lipinski definition) is 0. The summed E-state index contributed by atoms with van der Waals surface area (Å²) in [4.78, 5) is 0. The van der Waals surface area contributed by atoms with E-state index in [0.29, 0.717) is 0 Å². The van der Waals surface area contributed by atoms with E-state index in [-0.39, 0.29) is 0 Å². The smallest absolute Gasteiger partial charge is 0.0302 e. The number of rotatable bonds is 1. The Bertz CT molecular complexity index is 37.3. The van der Waals surface area contributed by atoms with E-state index in [2.05, 4.69) is 6.92 Å².